The molecular formula is C31H61NO5. The molecule has 0 aromatic carbocycles. The summed E-state index contributed by atoms with van der Waals surface area (Å²) in [4.78, 5) is 25.5. The molecule has 220 valence electrons. The second-order valence-corrected chi connectivity index (χ2v) is 15.2. The van der Waals surface area contributed by atoms with Crippen molar-refractivity contribution in [1.29, 1.82) is 0 Å². The molecule has 1 aliphatic heterocycles. The van der Waals surface area contributed by atoms with Crippen LogP contribution in [0.2, 0.25) is 0 Å². The lowest BCUT2D eigenvalue weighted by molar-refractivity contribution is -0.157. The molecule has 1 saturated heterocycles. The molecule has 0 aromatic rings. The van der Waals surface area contributed by atoms with E-state index >= 15 is 0 Å². The Labute approximate surface area is 228 Å². The minimum atomic E-state index is -0.0525. The maximum atomic E-state index is 12.8. The maximum absolute atomic E-state index is 12.8. The van der Waals surface area contributed by atoms with Gasteiger partial charge in [-0.25, -0.2) is 0 Å². The Kier molecular flexibility index (Phi) is 14.4. The number of piperidine rings is 1. The fourth-order valence-corrected chi connectivity index (χ4v) is 5.91. The van der Waals surface area contributed by atoms with Gasteiger partial charge >= 0.3 is 11.9 Å². The Morgan fingerprint density at radius 3 is 1.78 bits per heavy atom. The molecule has 1 unspecified atom stereocenters. The van der Waals surface area contributed by atoms with Crippen molar-refractivity contribution >= 4 is 11.9 Å². The first-order valence-corrected chi connectivity index (χ1v) is 14.5. The SMILES string of the molecule is CC(CCCCCCCOC(=O)C(CC(C)(C)C)CC(C)(C)C)OC(=O)C1CC(C)(C)NC(C)(C)C1.O. The molecule has 0 bridgehead atoms. The van der Waals surface area contributed by atoms with E-state index in [9.17, 15) is 9.59 Å². The van der Waals surface area contributed by atoms with Crippen LogP contribution in [-0.2, 0) is 19.1 Å². The normalized spacial score (nSPS) is 18.7. The highest BCUT2D eigenvalue weighted by Crippen LogP contribution is 2.35. The van der Waals surface area contributed by atoms with Crippen molar-refractivity contribution in [3.05, 3.63) is 0 Å². The van der Waals surface area contributed by atoms with Crippen LogP contribution in [0.1, 0.15) is 140 Å². The zero-order valence-electron chi connectivity index (χ0n) is 26.1. The lowest BCUT2D eigenvalue weighted by Gasteiger charge is -2.45. The van der Waals surface area contributed by atoms with E-state index in [1.165, 1.54) is 0 Å². The van der Waals surface area contributed by atoms with Gasteiger partial charge in [0.15, 0.2) is 0 Å². The van der Waals surface area contributed by atoms with Crippen LogP contribution in [-0.4, -0.2) is 41.2 Å². The summed E-state index contributed by atoms with van der Waals surface area (Å²) in [5.74, 6) is -0.136. The summed E-state index contributed by atoms with van der Waals surface area (Å²) in [5, 5.41) is 3.63. The van der Waals surface area contributed by atoms with Gasteiger partial charge in [-0.1, -0.05) is 60.8 Å². The van der Waals surface area contributed by atoms with Crippen molar-refractivity contribution in [2.45, 2.75) is 158 Å². The van der Waals surface area contributed by atoms with Crippen molar-refractivity contribution in [3.8, 4) is 0 Å². The van der Waals surface area contributed by atoms with Crippen molar-refractivity contribution in [2.24, 2.45) is 22.7 Å². The monoisotopic (exact) mass is 527 g/mol. The predicted molar refractivity (Wildman–Crippen MR) is 153 cm³/mol. The summed E-state index contributed by atoms with van der Waals surface area (Å²) in [6, 6.07) is 0. The molecule has 3 N–H and O–H groups in total. The highest BCUT2D eigenvalue weighted by Gasteiger charge is 2.41. The first-order chi connectivity index (χ1) is 16.3. The number of ether oxygens (including phenoxy) is 2. The van der Waals surface area contributed by atoms with Gasteiger partial charge in [0.25, 0.3) is 0 Å². The Morgan fingerprint density at radius 1 is 0.838 bits per heavy atom. The summed E-state index contributed by atoms with van der Waals surface area (Å²) in [7, 11) is 0. The predicted octanol–water partition coefficient (Wildman–Crippen LogP) is 7.02. The molecule has 1 fully saturated rings. The zero-order chi connectivity index (χ0) is 27.8. The van der Waals surface area contributed by atoms with Crippen molar-refractivity contribution in [1.82, 2.24) is 5.32 Å². The minimum absolute atomic E-state index is 0. The second kappa shape index (κ2) is 14.9. The molecule has 0 radical (unpaired) electrons. The molecular weight excluding hydrogens is 466 g/mol. The lowest BCUT2D eigenvalue weighted by atomic mass is 9.76. The fourth-order valence-electron chi connectivity index (χ4n) is 5.91. The third kappa shape index (κ3) is 16.4. The van der Waals surface area contributed by atoms with E-state index in [0.29, 0.717) is 6.61 Å². The van der Waals surface area contributed by atoms with Crippen LogP contribution in [0.25, 0.3) is 0 Å². The minimum Gasteiger partial charge on any atom is -0.465 e. The molecule has 0 spiro atoms. The average Bonchev–Trinajstić information content (AvgIpc) is 2.64. The second-order valence-electron chi connectivity index (χ2n) is 15.2. The Bertz CT molecular complexity index is 655. The van der Waals surface area contributed by atoms with Crippen LogP contribution in [0.15, 0.2) is 0 Å². The number of esters is 2. The molecule has 0 aromatic heterocycles. The first kappa shape index (κ1) is 35.9. The van der Waals surface area contributed by atoms with Crippen molar-refractivity contribution in [3.63, 3.8) is 0 Å². The topological polar surface area (TPSA) is 96.1 Å². The van der Waals surface area contributed by atoms with Crippen LogP contribution in [0, 0.1) is 22.7 Å². The quantitative estimate of drug-likeness (QED) is 0.205. The van der Waals surface area contributed by atoms with Gasteiger partial charge < -0.3 is 20.3 Å². The summed E-state index contributed by atoms with van der Waals surface area (Å²) >= 11 is 0. The lowest BCUT2D eigenvalue weighted by Crippen LogP contribution is -2.59. The highest BCUT2D eigenvalue weighted by atomic mass is 16.5. The molecule has 6 heteroatoms. The number of rotatable bonds is 13. The van der Waals surface area contributed by atoms with E-state index in [4.69, 9.17) is 9.47 Å². The molecule has 1 rings (SSSR count). The molecule has 37 heavy (non-hydrogen) atoms. The average molecular weight is 528 g/mol. The fraction of sp³-hybridized carbons (Fsp3) is 0.935. The standard InChI is InChI=1S/C31H59NO4.H2O/c1-23(36-27(34)25-21-30(8,9)32-31(10,11)22-25)17-15-13-12-14-16-18-35-26(33)24(19-28(2,3)4)20-29(5,6)7;/h23-25,32H,12-22H2,1-11H3;1H2. The van der Waals surface area contributed by atoms with Crippen LogP contribution in [0.3, 0.4) is 0 Å². The molecule has 0 amide bonds. The number of nitrogens with one attached hydrogen (secondary N) is 1. The number of carbonyl (C=O) groups excluding carboxylic acids is 2. The number of hydrogen-bond donors (Lipinski definition) is 1. The maximum Gasteiger partial charge on any atom is 0.309 e. The molecule has 6 nitrogen and oxygen atoms in total. The third-order valence-electron chi connectivity index (χ3n) is 6.89. The number of carbonyl (C=O) groups is 2. The third-order valence-corrected chi connectivity index (χ3v) is 6.89. The van der Waals surface area contributed by atoms with E-state index in [-0.39, 0.29) is 57.3 Å². The zero-order valence-corrected chi connectivity index (χ0v) is 26.1. The van der Waals surface area contributed by atoms with Gasteiger partial charge in [0.2, 0.25) is 0 Å². The largest absolute Gasteiger partial charge is 0.465 e. The van der Waals surface area contributed by atoms with Gasteiger partial charge in [-0.2, -0.15) is 0 Å². The van der Waals surface area contributed by atoms with Gasteiger partial charge in [0.1, 0.15) is 0 Å². The summed E-state index contributed by atoms with van der Waals surface area (Å²) in [6.45, 7) is 24.3. The molecule has 1 aliphatic rings. The number of hydrogen-bond acceptors (Lipinski definition) is 5. The van der Waals surface area contributed by atoms with Gasteiger partial charge in [-0.15, -0.1) is 0 Å². The van der Waals surface area contributed by atoms with Crippen LogP contribution in [0.4, 0.5) is 0 Å². The van der Waals surface area contributed by atoms with Crippen LogP contribution < -0.4 is 5.32 Å². The Hall–Kier alpha value is -1.14. The van der Waals surface area contributed by atoms with Gasteiger partial charge in [-0.05, 0) is 90.4 Å². The molecule has 1 atom stereocenters. The molecule has 0 saturated carbocycles. The Balaban J connectivity index is 0.0000130. The summed E-state index contributed by atoms with van der Waals surface area (Å²) in [6.07, 6.45) is 9.47. The smallest absolute Gasteiger partial charge is 0.309 e. The summed E-state index contributed by atoms with van der Waals surface area (Å²) in [5.41, 5.74) is 0.120. The first-order valence-electron chi connectivity index (χ1n) is 14.5. The Morgan fingerprint density at radius 2 is 1.30 bits per heavy atom. The van der Waals surface area contributed by atoms with Crippen LogP contribution >= 0.6 is 0 Å². The van der Waals surface area contributed by atoms with Crippen LogP contribution in [0.5, 0.6) is 0 Å². The summed E-state index contributed by atoms with van der Waals surface area (Å²) < 4.78 is 11.5. The van der Waals surface area contributed by atoms with Gasteiger partial charge in [0.05, 0.1) is 24.5 Å². The van der Waals surface area contributed by atoms with E-state index in [1.807, 2.05) is 6.92 Å². The van der Waals surface area contributed by atoms with Gasteiger partial charge in [0, 0.05) is 11.1 Å². The van der Waals surface area contributed by atoms with Crippen molar-refractivity contribution < 1.29 is 24.5 Å². The van der Waals surface area contributed by atoms with E-state index in [2.05, 4.69) is 74.6 Å². The van der Waals surface area contributed by atoms with E-state index in [0.717, 1.165) is 64.2 Å². The van der Waals surface area contributed by atoms with E-state index in [1.54, 1.807) is 0 Å². The number of unbranched alkanes of at least 4 members (excludes halogenated alkanes) is 4. The highest BCUT2D eigenvalue weighted by molar-refractivity contribution is 5.73. The van der Waals surface area contributed by atoms with Gasteiger partial charge in [-0.3, -0.25) is 9.59 Å². The molecule has 0 aliphatic carbocycles. The van der Waals surface area contributed by atoms with E-state index < -0.39 is 0 Å². The van der Waals surface area contributed by atoms with Crippen molar-refractivity contribution in [2.75, 3.05) is 6.61 Å². The molecule has 1 heterocycles.